The zero-order valence-electron chi connectivity index (χ0n) is 20.8. The summed E-state index contributed by atoms with van der Waals surface area (Å²) in [6, 6.07) is 15.2. The Bertz CT molecular complexity index is 1610. The Morgan fingerprint density at radius 1 is 1.03 bits per heavy atom. The quantitative estimate of drug-likeness (QED) is 0.288. The average Bonchev–Trinajstić information content (AvgIpc) is 3.34. The van der Waals surface area contributed by atoms with Crippen molar-refractivity contribution in [3.8, 4) is 11.5 Å². The van der Waals surface area contributed by atoms with Gasteiger partial charge in [0.05, 0.1) is 5.52 Å². The van der Waals surface area contributed by atoms with Gasteiger partial charge >= 0.3 is 0 Å². The van der Waals surface area contributed by atoms with E-state index in [-0.39, 0.29) is 5.91 Å². The summed E-state index contributed by atoms with van der Waals surface area (Å²) in [5, 5.41) is 7.07. The predicted molar refractivity (Wildman–Crippen MR) is 146 cm³/mol. The molecule has 1 amide bonds. The van der Waals surface area contributed by atoms with Crippen LogP contribution in [0, 0.1) is 6.92 Å². The van der Waals surface area contributed by atoms with Gasteiger partial charge in [0.2, 0.25) is 5.91 Å². The molecule has 9 nitrogen and oxygen atoms in total. The van der Waals surface area contributed by atoms with E-state index in [1.165, 1.54) is 12.4 Å². The van der Waals surface area contributed by atoms with Gasteiger partial charge in [0, 0.05) is 54.0 Å². The number of aromatic nitrogens is 4. The van der Waals surface area contributed by atoms with Crippen LogP contribution in [0.4, 0.5) is 17.2 Å². The number of imidazole rings is 1. The maximum Gasteiger partial charge on any atom is 0.248 e. The van der Waals surface area contributed by atoms with Crippen LogP contribution in [-0.4, -0.2) is 50.8 Å². The Kier molecular flexibility index (Phi) is 6.78. The van der Waals surface area contributed by atoms with E-state index in [2.05, 4.69) is 25.6 Å². The summed E-state index contributed by atoms with van der Waals surface area (Å²) < 4.78 is 8.03. The van der Waals surface area contributed by atoms with Crippen LogP contribution in [0.2, 0.25) is 0 Å². The lowest BCUT2D eigenvalue weighted by Crippen LogP contribution is -2.12. The van der Waals surface area contributed by atoms with Crippen molar-refractivity contribution in [3.63, 3.8) is 0 Å². The molecule has 0 saturated heterocycles. The first-order valence-electron chi connectivity index (χ1n) is 11.8. The van der Waals surface area contributed by atoms with Crippen LogP contribution in [0.1, 0.15) is 5.56 Å². The molecule has 0 fully saturated rings. The van der Waals surface area contributed by atoms with Gasteiger partial charge in [0.25, 0.3) is 0 Å². The summed E-state index contributed by atoms with van der Waals surface area (Å²) in [5.74, 6) is 1.92. The van der Waals surface area contributed by atoms with Crippen molar-refractivity contribution in [2.45, 2.75) is 6.92 Å². The minimum absolute atomic E-state index is 0.189. The number of carbonyl (C=O) groups excluding carboxylic acids is 1. The zero-order chi connectivity index (χ0) is 25.8. The lowest BCUT2D eigenvalue weighted by molar-refractivity contribution is -0.111. The van der Waals surface area contributed by atoms with Gasteiger partial charge in [-0.3, -0.25) is 4.79 Å². The van der Waals surface area contributed by atoms with Crippen LogP contribution in [0.15, 0.2) is 85.6 Å². The van der Waals surface area contributed by atoms with Crippen molar-refractivity contribution in [2.75, 3.05) is 31.3 Å². The Balaban J connectivity index is 1.33. The third-order valence-corrected chi connectivity index (χ3v) is 5.68. The minimum atomic E-state index is -0.189. The highest BCUT2D eigenvalue weighted by Crippen LogP contribution is 2.30. The number of benzene rings is 2. The standard InChI is InChI=1S/C28H27N7O2/c1-19-15-20(7-9-25(19)37-22-10-13-35-14-11-29-26(35)17-22)33-28-23-16-21(6-8-24(23)30-18-31-28)32-27(36)5-4-12-34(2)3/h4-11,13-18H,12H2,1-3H3,(H,32,36)(H,30,31,33)/b5-4+. The number of fused-ring (bicyclic) bond motifs is 2. The van der Waals surface area contributed by atoms with Crippen LogP contribution < -0.4 is 15.4 Å². The van der Waals surface area contributed by atoms with E-state index in [0.717, 1.165) is 39.3 Å². The Morgan fingerprint density at radius 2 is 1.89 bits per heavy atom. The molecule has 2 aromatic carbocycles. The summed E-state index contributed by atoms with van der Waals surface area (Å²) in [7, 11) is 3.90. The van der Waals surface area contributed by atoms with Crippen molar-refractivity contribution in [3.05, 3.63) is 91.2 Å². The highest BCUT2D eigenvalue weighted by Gasteiger charge is 2.09. The number of likely N-dealkylation sites (N-methyl/N-ethyl adjacent to an activating group) is 1. The second-order valence-electron chi connectivity index (χ2n) is 8.87. The molecule has 186 valence electrons. The van der Waals surface area contributed by atoms with Gasteiger partial charge in [-0.25, -0.2) is 15.0 Å². The number of hydrogen-bond acceptors (Lipinski definition) is 7. The number of amides is 1. The number of hydrogen-bond donors (Lipinski definition) is 2. The molecule has 5 aromatic rings. The zero-order valence-corrected chi connectivity index (χ0v) is 20.8. The molecule has 0 spiro atoms. The molecular weight excluding hydrogens is 466 g/mol. The monoisotopic (exact) mass is 493 g/mol. The van der Waals surface area contributed by atoms with Crippen LogP contribution in [0.25, 0.3) is 16.6 Å². The van der Waals surface area contributed by atoms with Crippen LogP contribution in [0.3, 0.4) is 0 Å². The predicted octanol–water partition coefficient (Wildman–Crippen LogP) is 5.18. The smallest absolute Gasteiger partial charge is 0.248 e. The average molecular weight is 494 g/mol. The van der Waals surface area contributed by atoms with Crippen molar-refractivity contribution in [2.24, 2.45) is 0 Å². The van der Waals surface area contributed by atoms with Crippen molar-refractivity contribution >= 4 is 39.6 Å². The van der Waals surface area contributed by atoms with Gasteiger partial charge in [-0.1, -0.05) is 6.08 Å². The molecule has 37 heavy (non-hydrogen) atoms. The molecular formula is C28H27N7O2. The fourth-order valence-corrected chi connectivity index (χ4v) is 3.85. The Morgan fingerprint density at radius 3 is 2.73 bits per heavy atom. The first kappa shape index (κ1) is 24.0. The SMILES string of the molecule is Cc1cc(Nc2ncnc3ccc(NC(=O)/C=C/CN(C)C)cc23)ccc1Oc1ccn2ccnc2c1. The second kappa shape index (κ2) is 10.5. The van der Waals surface area contributed by atoms with Gasteiger partial charge in [-0.15, -0.1) is 0 Å². The molecule has 0 aliphatic carbocycles. The van der Waals surface area contributed by atoms with Gasteiger partial charge in [0.15, 0.2) is 0 Å². The molecule has 9 heteroatoms. The van der Waals surface area contributed by atoms with E-state index in [9.17, 15) is 4.79 Å². The second-order valence-corrected chi connectivity index (χ2v) is 8.87. The number of nitrogens with zero attached hydrogens (tertiary/aromatic N) is 5. The van der Waals surface area contributed by atoms with E-state index in [1.54, 1.807) is 6.20 Å². The van der Waals surface area contributed by atoms with Crippen LogP contribution in [0.5, 0.6) is 11.5 Å². The number of anilines is 3. The van der Waals surface area contributed by atoms with E-state index < -0.39 is 0 Å². The molecule has 0 atom stereocenters. The van der Waals surface area contributed by atoms with Gasteiger partial charge in [0.1, 0.15) is 29.3 Å². The number of carbonyl (C=O) groups is 1. The normalized spacial score (nSPS) is 11.5. The largest absolute Gasteiger partial charge is 0.457 e. The first-order valence-corrected chi connectivity index (χ1v) is 11.8. The van der Waals surface area contributed by atoms with Gasteiger partial charge in [-0.05, 0) is 69.0 Å². The summed E-state index contributed by atoms with van der Waals surface area (Å²) in [5.41, 5.74) is 4.08. The molecule has 0 unspecified atom stereocenters. The Hall–Kier alpha value is -4.76. The summed E-state index contributed by atoms with van der Waals surface area (Å²) in [4.78, 5) is 27.4. The van der Waals surface area contributed by atoms with Crippen molar-refractivity contribution in [1.82, 2.24) is 24.3 Å². The molecule has 3 heterocycles. The van der Waals surface area contributed by atoms with Crippen LogP contribution in [-0.2, 0) is 4.79 Å². The molecule has 0 aliphatic heterocycles. The van der Waals surface area contributed by atoms with Gasteiger partial charge in [-0.2, -0.15) is 0 Å². The van der Waals surface area contributed by atoms with Gasteiger partial charge < -0.3 is 24.7 Å². The highest BCUT2D eigenvalue weighted by molar-refractivity contribution is 6.01. The summed E-state index contributed by atoms with van der Waals surface area (Å²) in [6.45, 7) is 2.68. The molecule has 0 saturated carbocycles. The van der Waals surface area contributed by atoms with Crippen LogP contribution >= 0.6 is 0 Å². The molecule has 0 radical (unpaired) electrons. The summed E-state index contributed by atoms with van der Waals surface area (Å²) in [6.07, 6.45) is 10.4. The number of aryl methyl sites for hydroxylation is 1. The third kappa shape index (κ3) is 5.74. The highest BCUT2D eigenvalue weighted by atomic mass is 16.5. The number of nitrogens with one attached hydrogen (secondary N) is 2. The fraction of sp³-hybridized carbons (Fsp3) is 0.143. The third-order valence-electron chi connectivity index (χ3n) is 5.68. The number of pyridine rings is 1. The molecule has 0 aliphatic rings. The lowest BCUT2D eigenvalue weighted by atomic mass is 10.1. The maximum absolute atomic E-state index is 12.3. The lowest BCUT2D eigenvalue weighted by Gasteiger charge is -2.13. The fourth-order valence-electron chi connectivity index (χ4n) is 3.85. The maximum atomic E-state index is 12.3. The van der Waals surface area contributed by atoms with E-state index in [4.69, 9.17) is 4.74 Å². The van der Waals surface area contributed by atoms with Crippen molar-refractivity contribution < 1.29 is 9.53 Å². The topological polar surface area (TPSA) is 96.7 Å². The molecule has 2 N–H and O–H groups in total. The van der Waals surface area contributed by atoms with E-state index in [1.807, 2.05) is 97.3 Å². The first-order chi connectivity index (χ1) is 17.9. The number of rotatable bonds is 8. The molecule has 0 bridgehead atoms. The number of ether oxygens (including phenoxy) is 1. The molecule has 5 rings (SSSR count). The van der Waals surface area contributed by atoms with E-state index >= 15 is 0 Å². The Labute approximate surface area is 214 Å². The summed E-state index contributed by atoms with van der Waals surface area (Å²) >= 11 is 0. The van der Waals surface area contributed by atoms with E-state index in [0.29, 0.717) is 18.1 Å². The minimum Gasteiger partial charge on any atom is -0.457 e. The molecule has 3 aromatic heterocycles. The van der Waals surface area contributed by atoms with Crippen molar-refractivity contribution in [1.29, 1.82) is 0 Å².